The maximum absolute atomic E-state index is 9.35. The molecule has 0 bridgehead atoms. The van der Waals surface area contributed by atoms with Crippen molar-refractivity contribution >= 4 is 37.9 Å². The van der Waals surface area contributed by atoms with Crippen LogP contribution < -0.4 is 0 Å². The Labute approximate surface area is 254 Å². The van der Waals surface area contributed by atoms with Crippen molar-refractivity contribution in [1.82, 2.24) is 4.98 Å². The van der Waals surface area contributed by atoms with Gasteiger partial charge >= 0.3 is 0 Å². The van der Waals surface area contributed by atoms with E-state index in [0.717, 1.165) is 44.5 Å². The highest BCUT2D eigenvalue weighted by Crippen LogP contribution is 2.40. The number of benzene rings is 6. The minimum atomic E-state index is 0.444. The average molecular weight is 560 g/mol. The van der Waals surface area contributed by atoms with Gasteiger partial charge in [-0.05, 0) is 120 Å². The molecule has 0 unspecified atom stereocenters. The molecule has 1 aromatic heterocycles. The van der Waals surface area contributed by atoms with E-state index in [0.29, 0.717) is 17.7 Å². The molecule has 0 saturated carbocycles. The summed E-state index contributed by atoms with van der Waals surface area (Å²) in [6, 6.07) is 41.1. The van der Waals surface area contributed by atoms with Gasteiger partial charge in [0.25, 0.3) is 0 Å². The minimum Gasteiger partial charge on any atom is -0.686 e. The first kappa shape index (κ1) is 25.5. The van der Waals surface area contributed by atoms with Gasteiger partial charge in [-0.1, -0.05) is 67.2 Å². The molecule has 2 heterocycles. The Morgan fingerprint density at radius 2 is 1.09 bits per heavy atom. The molecule has 0 atom stereocenters. The van der Waals surface area contributed by atoms with Crippen molar-refractivity contribution in [2.24, 2.45) is 0 Å². The fraction of sp³-hybridized carbons (Fsp3) is 0.0250. The summed E-state index contributed by atoms with van der Waals surface area (Å²) in [7, 11) is 0. The summed E-state index contributed by atoms with van der Waals surface area (Å²) in [5.74, 6) is 0. The van der Waals surface area contributed by atoms with Crippen molar-refractivity contribution in [3.05, 3.63) is 150 Å². The minimum absolute atomic E-state index is 0.444. The molecular formula is C40H23N4-. The highest BCUT2D eigenvalue weighted by Gasteiger charge is 2.13. The second kappa shape index (κ2) is 10.2. The lowest BCUT2D eigenvalue weighted by Gasteiger charge is -2.22. The largest absolute Gasteiger partial charge is 0.686 e. The lowest BCUT2D eigenvalue weighted by Crippen LogP contribution is -1.95. The quantitative estimate of drug-likeness (QED) is 0.201. The number of pyridine rings is 1. The zero-order valence-corrected chi connectivity index (χ0v) is 23.6. The third-order valence-electron chi connectivity index (χ3n) is 8.42. The van der Waals surface area contributed by atoms with Gasteiger partial charge in [-0.2, -0.15) is 16.7 Å². The summed E-state index contributed by atoms with van der Waals surface area (Å²) in [6.07, 6.45) is 7.17. The fourth-order valence-corrected chi connectivity index (χ4v) is 6.33. The predicted octanol–water partition coefficient (Wildman–Crippen LogP) is 10.0. The summed E-state index contributed by atoms with van der Waals surface area (Å²) in [5.41, 5.74) is 9.75. The van der Waals surface area contributed by atoms with Crippen LogP contribution in [0.1, 0.15) is 11.1 Å². The molecule has 4 nitrogen and oxygen atoms in total. The van der Waals surface area contributed by atoms with Crippen LogP contribution in [-0.2, 0) is 0 Å². The van der Waals surface area contributed by atoms with E-state index < -0.39 is 0 Å². The van der Waals surface area contributed by atoms with Crippen molar-refractivity contribution in [3.63, 3.8) is 0 Å². The molecule has 0 aliphatic carbocycles. The van der Waals surface area contributed by atoms with E-state index in [4.69, 9.17) is 0 Å². The van der Waals surface area contributed by atoms with E-state index in [1.165, 1.54) is 32.3 Å². The molecule has 0 saturated heterocycles. The summed E-state index contributed by atoms with van der Waals surface area (Å²) in [4.78, 5) is 4.24. The standard InChI is InChI=1S/C40H23N4/c41-19-25-11-37(23-43-21-25)29-5-1-3-27(13-29)35-15-31-7-9-33-17-36(18-34-10-8-32(16-35)39(31)40(33)34)28-4-2-6-30(14-28)38-12-26(20-42)22-44-24-38/h1-18,21,23-24H,22H2/q-1. The molecule has 8 rings (SSSR count). The second-order valence-corrected chi connectivity index (χ2v) is 11.2. The number of nitrogens with zero attached hydrogens (tertiary/aromatic N) is 4. The zero-order valence-electron chi connectivity index (χ0n) is 23.6. The number of hydrogen-bond acceptors (Lipinski definition) is 3. The van der Waals surface area contributed by atoms with E-state index in [2.05, 4.69) is 120 Å². The summed E-state index contributed by atoms with van der Waals surface area (Å²) >= 11 is 0. The van der Waals surface area contributed by atoms with Gasteiger partial charge in [0.2, 0.25) is 0 Å². The Bertz CT molecular complexity index is 2350. The third-order valence-corrected chi connectivity index (χ3v) is 8.42. The van der Waals surface area contributed by atoms with Crippen LogP contribution in [-0.4, -0.2) is 11.5 Å². The van der Waals surface area contributed by atoms with Crippen molar-refractivity contribution in [2.75, 3.05) is 6.54 Å². The maximum Gasteiger partial charge on any atom is 0.101 e. The molecule has 0 N–H and O–H groups in total. The van der Waals surface area contributed by atoms with Crippen LogP contribution in [0.2, 0.25) is 0 Å². The molecule has 4 heteroatoms. The summed E-state index contributed by atoms with van der Waals surface area (Å²) in [6.45, 7) is 0.444. The first-order chi connectivity index (χ1) is 21.7. The Hall–Kier alpha value is -6.23. The Kier molecular flexibility index (Phi) is 5.93. The first-order valence-corrected chi connectivity index (χ1v) is 14.4. The number of allylic oxidation sites excluding steroid dienone is 2. The second-order valence-electron chi connectivity index (χ2n) is 11.2. The topological polar surface area (TPSA) is 74.6 Å². The predicted molar refractivity (Wildman–Crippen MR) is 179 cm³/mol. The summed E-state index contributed by atoms with van der Waals surface area (Å²) in [5, 5.41) is 30.4. The molecule has 0 radical (unpaired) electrons. The van der Waals surface area contributed by atoms with Gasteiger partial charge in [0.05, 0.1) is 11.6 Å². The molecule has 1 aliphatic heterocycles. The van der Waals surface area contributed by atoms with Crippen LogP contribution in [0.25, 0.3) is 76.6 Å². The number of hydrogen-bond donors (Lipinski definition) is 0. The van der Waals surface area contributed by atoms with Crippen LogP contribution >= 0.6 is 0 Å². The van der Waals surface area contributed by atoms with E-state index >= 15 is 0 Å². The van der Waals surface area contributed by atoms with E-state index in [-0.39, 0.29) is 0 Å². The highest BCUT2D eigenvalue weighted by molar-refractivity contribution is 6.24. The lowest BCUT2D eigenvalue weighted by molar-refractivity contribution is 1.30. The van der Waals surface area contributed by atoms with Crippen LogP contribution in [0.4, 0.5) is 0 Å². The normalized spacial score (nSPS) is 12.9. The van der Waals surface area contributed by atoms with Crippen molar-refractivity contribution in [1.29, 1.82) is 10.5 Å². The van der Waals surface area contributed by atoms with Crippen molar-refractivity contribution in [2.45, 2.75) is 0 Å². The molecule has 7 aromatic rings. The van der Waals surface area contributed by atoms with Crippen molar-refractivity contribution < 1.29 is 0 Å². The molecule has 204 valence electrons. The highest BCUT2D eigenvalue weighted by atomic mass is 14.8. The van der Waals surface area contributed by atoms with Gasteiger partial charge in [0.15, 0.2) is 0 Å². The third kappa shape index (κ3) is 4.34. The van der Waals surface area contributed by atoms with E-state index in [1.807, 2.05) is 18.3 Å². The lowest BCUT2D eigenvalue weighted by atomic mass is 9.88. The molecule has 0 fully saturated rings. The van der Waals surface area contributed by atoms with Crippen LogP contribution in [0.15, 0.2) is 133 Å². The van der Waals surface area contributed by atoms with Gasteiger partial charge in [0.1, 0.15) is 6.07 Å². The maximum atomic E-state index is 9.35. The van der Waals surface area contributed by atoms with Gasteiger partial charge in [0, 0.05) is 23.5 Å². The van der Waals surface area contributed by atoms with Crippen LogP contribution in [0, 0.1) is 22.7 Å². The van der Waals surface area contributed by atoms with Gasteiger partial charge in [-0.25, -0.2) is 0 Å². The SMILES string of the molecule is N#CC1=CC(c2cccc(-c3cc4ccc5cc(-c6cccc(-c7cncc(C#N)c7)c6)cc6ccc(c3)c4c56)c2)=C[N-]C1. The number of nitriles is 2. The number of rotatable bonds is 4. The van der Waals surface area contributed by atoms with E-state index in [9.17, 15) is 10.5 Å². The molecular weight excluding hydrogens is 536 g/mol. The molecule has 0 amide bonds. The number of aromatic nitrogens is 1. The average Bonchev–Trinajstić information content (AvgIpc) is 3.10. The molecule has 1 aliphatic rings. The Morgan fingerprint density at radius 1 is 0.545 bits per heavy atom. The first-order valence-electron chi connectivity index (χ1n) is 14.4. The Morgan fingerprint density at radius 3 is 1.66 bits per heavy atom. The fourth-order valence-electron chi connectivity index (χ4n) is 6.33. The molecule has 0 spiro atoms. The molecule has 6 aromatic carbocycles. The van der Waals surface area contributed by atoms with Crippen LogP contribution in [0.5, 0.6) is 0 Å². The monoisotopic (exact) mass is 559 g/mol. The van der Waals surface area contributed by atoms with Crippen LogP contribution in [0.3, 0.4) is 0 Å². The zero-order chi connectivity index (χ0) is 29.6. The van der Waals surface area contributed by atoms with Gasteiger partial charge in [-0.15, -0.1) is 0 Å². The van der Waals surface area contributed by atoms with E-state index in [1.54, 1.807) is 12.4 Å². The summed E-state index contributed by atoms with van der Waals surface area (Å²) < 4.78 is 0. The smallest absolute Gasteiger partial charge is 0.101 e. The molecule has 44 heavy (non-hydrogen) atoms. The van der Waals surface area contributed by atoms with Crippen molar-refractivity contribution in [3.8, 4) is 45.5 Å². The van der Waals surface area contributed by atoms with Gasteiger partial charge in [-0.3, -0.25) is 4.98 Å². The van der Waals surface area contributed by atoms with Gasteiger partial charge < -0.3 is 5.32 Å². The Balaban J connectivity index is 1.21.